The van der Waals surface area contributed by atoms with Crippen LogP contribution in [-0.2, 0) is 4.79 Å². The average Bonchev–Trinajstić information content (AvgIpc) is 2.95. The predicted molar refractivity (Wildman–Crippen MR) is 60.9 cm³/mol. The molecule has 3 heteroatoms. The van der Waals surface area contributed by atoms with Crippen molar-refractivity contribution < 1.29 is 9.90 Å². The number of nitrogens with zero attached hydrogens (tertiary/aromatic N) is 1. The molecule has 0 saturated heterocycles. The lowest BCUT2D eigenvalue weighted by Gasteiger charge is -2.23. The molecule has 0 atom stereocenters. The summed E-state index contributed by atoms with van der Waals surface area (Å²) in [5.41, 5.74) is -0.567. The van der Waals surface area contributed by atoms with E-state index in [0.717, 1.165) is 32.0 Å². The smallest absolute Gasteiger partial charge is 0.309 e. The summed E-state index contributed by atoms with van der Waals surface area (Å²) in [7, 11) is 0. The van der Waals surface area contributed by atoms with Crippen LogP contribution in [-0.4, -0.2) is 35.1 Å². The molecular weight excluding hydrogens is 190 g/mol. The molecule has 0 aromatic rings. The second kappa shape index (κ2) is 4.97. The monoisotopic (exact) mass is 213 g/mol. The molecule has 1 N–H and O–H groups in total. The van der Waals surface area contributed by atoms with Gasteiger partial charge in [-0.3, -0.25) is 4.79 Å². The Hall–Kier alpha value is -0.570. The molecule has 0 amide bonds. The van der Waals surface area contributed by atoms with Gasteiger partial charge in [0.2, 0.25) is 0 Å². The summed E-state index contributed by atoms with van der Waals surface area (Å²) in [6.07, 6.45) is 4.42. The van der Waals surface area contributed by atoms with Crippen molar-refractivity contribution >= 4 is 5.97 Å². The minimum Gasteiger partial charge on any atom is -0.481 e. The van der Waals surface area contributed by atoms with Gasteiger partial charge < -0.3 is 10.0 Å². The lowest BCUT2D eigenvalue weighted by Crippen LogP contribution is -2.29. The van der Waals surface area contributed by atoms with E-state index in [-0.39, 0.29) is 0 Å². The third-order valence-corrected chi connectivity index (χ3v) is 3.30. The molecule has 1 fully saturated rings. The van der Waals surface area contributed by atoms with E-state index < -0.39 is 11.4 Å². The molecule has 1 saturated carbocycles. The highest BCUT2D eigenvalue weighted by Gasteiger charge is 2.29. The van der Waals surface area contributed by atoms with Gasteiger partial charge in [-0.15, -0.1) is 0 Å². The summed E-state index contributed by atoms with van der Waals surface area (Å²) in [5.74, 6) is -0.683. The van der Waals surface area contributed by atoms with Crippen LogP contribution in [0.3, 0.4) is 0 Å². The van der Waals surface area contributed by atoms with E-state index in [2.05, 4.69) is 11.8 Å². The summed E-state index contributed by atoms with van der Waals surface area (Å²) in [6, 6.07) is 0.794. The molecule has 0 aromatic carbocycles. The first-order chi connectivity index (χ1) is 6.97. The Morgan fingerprint density at radius 2 is 2.07 bits per heavy atom. The summed E-state index contributed by atoms with van der Waals surface area (Å²) in [6.45, 7) is 7.95. The number of carboxylic acids is 1. The normalized spacial score (nSPS) is 17.1. The highest BCUT2D eigenvalue weighted by molar-refractivity contribution is 5.73. The number of carboxylic acid groups (broad SMARTS) is 1. The molecule has 3 nitrogen and oxygen atoms in total. The van der Waals surface area contributed by atoms with Crippen LogP contribution in [0.5, 0.6) is 0 Å². The molecule has 0 heterocycles. The zero-order valence-corrected chi connectivity index (χ0v) is 10.1. The molecule has 0 bridgehead atoms. The maximum Gasteiger partial charge on any atom is 0.309 e. The number of aliphatic carboxylic acids is 1. The van der Waals surface area contributed by atoms with E-state index >= 15 is 0 Å². The minimum absolute atomic E-state index is 0.567. The lowest BCUT2D eigenvalue weighted by molar-refractivity contribution is -0.147. The van der Waals surface area contributed by atoms with E-state index in [4.69, 9.17) is 5.11 Å². The topological polar surface area (TPSA) is 40.5 Å². The van der Waals surface area contributed by atoms with Crippen molar-refractivity contribution in [2.75, 3.05) is 13.1 Å². The highest BCUT2D eigenvalue weighted by Crippen LogP contribution is 2.28. The van der Waals surface area contributed by atoms with Crippen LogP contribution in [0.1, 0.15) is 46.5 Å². The van der Waals surface area contributed by atoms with Gasteiger partial charge in [0.05, 0.1) is 5.41 Å². The van der Waals surface area contributed by atoms with Gasteiger partial charge in [-0.05, 0) is 52.6 Å². The van der Waals surface area contributed by atoms with Gasteiger partial charge in [0.1, 0.15) is 0 Å². The Bertz CT molecular complexity index is 222. The molecule has 1 aliphatic carbocycles. The largest absolute Gasteiger partial charge is 0.481 e. The number of hydrogen-bond donors (Lipinski definition) is 1. The SMILES string of the molecule is CCN(CCCC(C)(C)C(=O)O)C1CC1. The number of carbonyl (C=O) groups is 1. The van der Waals surface area contributed by atoms with Crippen molar-refractivity contribution in [1.29, 1.82) is 0 Å². The lowest BCUT2D eigenvalue weighted by atomic mass is 9.88. The first kappa shape index (κ1) is 12.5. The van der Waals surface area contributed by atoms with Gasteiger partial charge >= 0.3 is 5.97 Å². The van der Waals surface area contributed by atoms with Crippen molar-refractivity contribution in [1.82, 2.24) is 4.90 Å². The van der Waals surface area contributed by atoms with Crippen molar-refractivity contribution in [2.24, 2.45) is 5.41 Å². The fraction of sp³-hybridized carbons (Fsp3) is 0.917. The summed E-state index contributed by atoms with van der Waals surface area (Å²) >= 11 is 0. The van der Waals surface area contributed by atoms with Crippen molar-refractivity contribution in [3.63, 3.8) is 0 Å². The van der Waals surface area contributed by atoms with E-state index in [1.165, 1.54) is 12.8 Å². The maximum atomic E-state index is 10.9. The summed E-state index contributed by atoms with van der Waals surface area (Å²) in [5, 5.41) is 8.97. The first-order valence-electron chi connectivity index (χ1n) is 5.95. The molecule has 88 valence electrons. The van der Waals surface area contributed by atoms with Crippen LogP contribution < -0.4 is 0 Å². The highest BCUT2D eigenvalue weighted by atomic mass is 16.4. The number of hydrogen-bond acceptors (Lipinski definition) is 2. The van der Waals surface area contributed by atoms with Gasteiger partial charge in [-0.25, -0.2) is 0 Å². The third kappa shape index (κ3) is 3.82. The van der Waals surface area contributed by atoms with Gasteiger partial charge in [0.25, 0.3) is 0 Å². The van der Waals surface area contributed by atoms with Crippen LogP contribution in [0.4, 0.5) is 0 Å². The van der Waals surface area contributed by atoms with Crippen LogP contribution in [0.2, 0.25) is 0 Å². The van der Waals surface area contributed by atoms with Gasteiger partial charge in [0, 0.05) is 6.04 Å². The molecule has 0 aliphatic heterocycles. The van der Waals surface area contributed by atoms with Crippen molar-refractivity contribution in [2.45, 2.75) is 52.5 Å². The first-order valence-corrected chi connectivity index (χ1v) is 5.95. The molecule has 0 unspecified atom stereocenters. The zero-order valence-electron chi connectivity index (χ0n) is 10.1. The fourth-order valence-corrected chi connectivity index (χ4v) is 1.87. The summed E-state index contributed by atoms with van der Waals surface area (Å²) < 4.78 is 0. The second-order valence-electron chi connectivity index (χ2n) is 5.15. The van der Waals surface area contributed by atoms with E-state index in [1.54, 1.807) is 0 Å². The van der Waals surface area contributed by atoms with Crippen molar-refractivity contribution in [3.05, 3.63) is 0 Å². The van der Waals surface area contributed by atoms with Crippen molar-refractivity contribution in [3.8, 4) is 0 Å². The van der Waals surface area contributed by atoms with E-state index in [1.807, 2.05) is 13.8 Å². The molecule has 1 rings (SSSR count). The fourth-order valence-electron chi connectivity index (χ4n) is 1.87. The maximum absolute atomic E-state index is 10.9. The molecule has 0 radical (unpaired) electrons. The average molecular weight is 213 g/mol. The summed E-state index contributed by atoms with van der Waals surface area (Å²) in [4.78, 5) is 13.4. The van der Waals surface area contributed by atoms with Crippen LogP contribution in [0.25, 0.3) is 0 Å². The third-order valence-electron chi connectivity index (χ3n) is 3.30. The Balaban J connectivity index is 2.22. The number of rotatable bonds is 7. The van der Waals surface area contributed by atoms with Crippen LogP contribution >= 0.6 is 0 Å². The van der Waals surface area contributed by atoms with E-state index in [9.17, 15) is 4.79 Å². The quantitative estimate of drug-likeness (QED) is 0.705. The Morgan fingerprint density at radius 3 is 2.47 bits per heavy atom. The molecule has 1 aliphatic rings. The molecule has 15 heavy (non-hydrogen) atoms. The van der Waals surface area contributed by atoms with Gasteiger partial charge in [-0.1, -0.05) is 6.92 Å². The standard InChI is InChI=1S/C12H23NO2/c1-4-13(10-6-7-10)9-5-8-12(2,3)11(14)15/h10H,4-9H2,1-3H3,(H,14,15). The predicted octanol–water partition coefficient (Wildman–Crippen LogP) is 2.36. The second-order valence-corrected chi connectivity index (χ2v) is 5.15. The van der Waals surface area contributed by atoms with Crippen LogP contribution in [0.15, 0.2) is 0 Å². The Labute approximate surface area is 92.5 Å². The molecule has 0 spiro atoms. The minimum atomic E-state index is -0.683. The Morgan fingerprint density at radius 1 is 1.47 bits per heavy atom. The molecule has 0 aromatic heterocycles. The Kier molecular flexibility index (Phi) is 4.14. The van der Waals surface area contributed by atoms with Gasteiger partial charge in [0.15, 0.2) is 0 Å². The van der Waals surface area contributed by atoms with Gasteiger partial charge in [-0.2, -0.15) is 0 Å². The van der Waals surface area contributed by atoms with Crippen LogP contribution in [0, 0.1) is 5.41 Å². The zero-order chi connectivity index (χ0) is 11.5. The molecular formula is C12H23NO2. The van der Waals surface area contributed by atoms with E-state index in [0.29, 0.717) is 0 Å².